The Morgan fingerprint density at radius 1 is 1.16 bits per heavy atom. The predicted molar refractivity (Wildman–Crippen MR) is 73.6 cm³/mol. The van der Waals surface area contributed by atoms with Crippen LogP contribution in [-0.2, 0) is 11.0 Å². The summed E-state index contributed by atoms with van der Waals surface area (Å²) in [4.78, 5) is 4.71. The van der Waals surface area contributed by atoms with Gasteiger partial charge in [0, 0.05) is 5.41 Å². The van der Waals surface area contributed by atoms with Crippen LogP contribution in [0.25, 0.3) is 0 Å². The quantitative estimate of drug-likeness (QED) is 0.905. The average Bonchev–Trinajstić information content (AvgIpc) is 2.92. The van der Waals surface area contributed by atoms with Crippen LogP contribution < -0.4 is 5.73 Å². The van der Waals surface area contributed by atoms with Gasteiger partial charge in [-0.3, -0.25) is 0 Å². The summed E-state index contributed by atoms with van der Waals surface area (Å²) in [5.41, 5.74) is 6.23. The van der Waals surface area contributed by atoms with Gasteiger partial charge in [0.25, 0.3) is 0 Å². The summed E-state index contributed by atoms with van der Waals surface area (Å²) in [6, 6.07) is 0. The zero-order valence-corrected chi connectivity index (χ0v) is 12.1. The Labute approximate surface area is 115 Å². The number of rotatable bonds is 4. The summed E-state index contributed by atoms with van der Waals surface area (Å²) in [7, 11) is 0. The van der Waals surface area contributed by atoms with Crippen molar-refractivity contribution in [1.29, 1.82) is 0 Å². The van der Waals surface area contributed by atoms with E-state index in [1.54, 1.807) is 0 Å². The second kappa shape index (κ2) is 4.58. The lowest BCUT2D eigenvalue weighted by atomic mass is 9.64. The van der Waals surface area contributed by atoms with Gasteiger partial charge < -0.3 is 10.3 Å². The van der Waals surface area contributed by atoms with Gasteiger partial charge in [-0.1, -0.05) is 38.3 Å². The van der Waals surface area contributed by atoms with E-state index in [4.69, 9.17) is 15.2 Å². The van der Waals surface area contributed by atoms with Crippen LogP contribution in [0.4, 0.5) is 0 Å². The number of nitrogens with two attached hydrogens (primary N) is 1. The van der Waals surface area contributed by atoms with Gasteiger partial charge in [0.2, 0.25) is 5.89 Å². The lowest BCUT2D eigenvalue weighted by Gasteiger charge is -2.39. The summed E-state index contributed by atoms with van der Waals surface area (Å²) in [6.45, 7) is 4.53. The molecule has 0 aromatic carbocycles. The van der Waals surface area contributed by atoms with Crippen LogP contribution >= 0.6 is 0 Å². The molecule has 1 aromatic heterocycles. The van der Waals surface area contributed by atoms with E-state index in [9.17, 15) is 0 Å². The first kappa shape index (κ1) is 13.1. The van der Waals surface area contributed by atoms with Gasteiger partial charge in [-0.15, -0.1) is 0 Å². The first-order valence-corrected chi connectivity index (χ1v) is 7.68. The third kappa shape index (κ3) is 2.20. The Kier molecular flexibility index (Phi) is 3.16. The average molecular weight is 263 g/mol. The van der Waals surface area contributed by atoms with E-state index in [1.807, 2.05) is 0 Å². The van der Waals surface area contributed by atoms with Crippen molar-refractivity contribution < 1.29 is 4.52 Å². The molecule has 2 fully saturated rings. The zero-order chi connectivity index (χ0) is 13.5. The molecule has 0 saturated heterocycles. The second-order valence-corrected chi connectivity index (χ2v) is 7.02. The Bertz CT molecular complexity index is 442. The molecule has 19 heavy (non-hydrogen) atoms. The molecule has 2 N–H and O–H groups in total. The largest absolute Gasteiger partial charge is 0.339 e. The van der Waals surface area contributed by atoms with E-state index >= 15 is 0 Å². The van der Waals surface area contributed by atoms with Gasteiger partial charge in [-0.25, -0.2) is 0 Å². The van der Waals surface area contributed by atoms with Crippen molar-refractivity contribution >= 4 is 0 Å². The summed E-state index contributed by atoms with van der Waals surface area (Å²) < 4.78 is 5.61. The molecule has 0 spiro atoms. The van der Waals surface area contributed by atoms with E-state index in [0.29, 0.717) is 5.92 Å². The van der Waals surface area contributed by atoms with Crippen molar-refractivity contribution in [3.63, 3.8) is 0 Å². The summed E-state index contributed by atoms with van der Waals surface area (Å²) in [5.74, 6) is 2.25. The van der Waals surface area contributed by atoms with Crippen molar-refractivity contribution in [2.75, 3.05) is 0 Å². The van der Waals surface area contributed by atoms with Crippen LogP contribution in [0.5, 0.6) is 0 Å². The van der Waals surface area contributed by atoms with Crippen molar-refractivity contribution in [2.45, 2.75) is 76.2 Å². The number of nitrogens with zero attached hydrogens (tertiary/aromatic N) is 2. The normalized spacial score (nSPS) is 24.6. The molecular weight excluding hydrogens is 238 g/mol. The molecular formula is C15H25N3O. The molecule has 3 rings (SSSR count). The molecule has 4 heteroatoms. The number of aromatic nitrogens is 2. The molecule has 106 valence electrons. The third-order valence-electron chi connectivity index (χ3n) is 4.93. The van der Waals surface area contributed by atoms with Gasteiger partial charge in [-0.05, 0) is 38.0 Å². The molecule has 0 bridgehead atoms. The molecule has 0 unspecified atom stereocenters. The highest BCUT2D eigenvalue weighted by Crippen LogP contribution is 2.48. The lowest BCUT2D eigenvalue weighted by molar-refractivity contribution is 0.144. The van der Waals surface area contributed by atoms with Gasteiger partial charge in [-0.2, -0.15) is 4.98 Å². The fraction of sp³-hybridized carbons (Fsp3) is 0.867. The first-order valence-electron chi connectivity index (χ1n) is 7.68. The summed E-state index contributed by atoms with van der Waals surface area (Å²) >= 11 is 0. The maximum atomic E-state index is 6.41. The minimum absolute atomic E-state index is 0.147. The Morgan fingerprint density at radius 3 is 2.37 bits per heavy atom. The van der Waals surface area contributed by atoms with Crippen LogP contribution in [0, 0.1) is 5.92 Å². The van der Waals surface area contributed by atoms with Crippen LogP contribution in [-0.4, -0.2) is 10.1 Å². The van der Waals surface area contributed by atoms with Gasteiger partial charge in [0.15, 0.2) is 5.82 Å². The monoisotopic (exact) mass is 263 g/mol. The number of hydrogen-bond acceptors (Lipinski definition) is 4. The smallest absolute Gasteiger partial charge is 0.232 e. The molecule has 0 amide bonds. The van der Waals surface area contributed by atoms with E-state index < -0.39 is 0 Å². The van der Waals surface area contributed by atoms with E-state index in [1.165, 1.54) is 32.1 Å². The van der Waals surface area contributed by atoms with E-state index in [2.05, 4.69) is 19.0 Å². The molecule has 4 nitrogen and oxygen atoms in total. The Morgan fingerprint density at radius 2 is 1.84 bits per heavy atom. The van der Waals surface area contributed by atoms with Gasteiger partial charge in [0.05, 0.1) is 5.54 Å². The molecule has 0 aliphatic heterocycles. The zero-order valence-electron chi connectivity index (χ0n) is 12.1. The molecule has 0 radical (unpaired) electrons. The fourth-order valence-electron chi connectivity index (χ4n) is 3.76. The van der Waals surface area contributed by atoms with Crippen molar-refractivity contribution in [3.8, 4) is 0 Å². The van der Waals surface area contributed by atoms with Crippen LogP contribution in [0.2, 0.25) is 0 Å². The molecule has 2 aliphatic carbocycles. The van der Waals surface area contributed by atoms with Crippen LogP contribution in [0.1, 0.15) is 76.9 Å². The summed E-state index contributed by atoms with van der Waals surface area (Å²) in [5, 5.41) is 4.21. The minimum Gasteiger partial charge on any atom is -0.339 e. The van der Waals surface area contributed by atoms with Gasteiger partial charge >= 0.3 is 0 Å². The highest BCUT2D eigenvalue weighted by atomic mass is 16.5. The SMILES string of the molecule is CC(C)CC1(c2nc(C3(N)CCCC3)no2)CCC1. The van der Waals surface area contributed by atoms with Crippen molar-refractivity contribution in [2.24, 2.45) is 11.7 Å². The third-order valence-corrected chi connectivity index (χ3v) is 4.93. The van der Waals surface area contributed by atoms with E-state index in [-0.39, 0.29) is 11.0 Å². The van der Waals surface area contributed by atoms with Gasteiger partial charge in [0.1, 0.15) is 0 Å². The number of hydrogen-bond donors (Lipinski definition) is 1. The standard InChI is InChI=1S/C15H25N3O/c1-11(2)10-14(6-5-7-14)13-17-12(18-19-13)15(16)8-3-4-9-15/h11H,3-10,16H2,1-2H3. The molecule has 2 aliphatic rings. The maximum Gasteiger partial charge on any atom is 0.232 e. The van der Waals surface area contributed by atoms with E-state index in [0.717, 1.165) is 31.0 Å². The molecule has 2 saturated carbocycles. The van der Waals surface area contributed by atoms with Crippen molar-refractivity contribution in [1.82, 2.24) is 10.1 Å². The highest BCUT2D eigenvalue weighted by molar-refractivity contribution is 5.14. The predicted octanol–water partition coefficient (Wildman–Crippen LogP) is 3.27. The van der Waals surface area contributed by atoms with Crippen molar-refractivity contribution in [3.05, 3.63) is 11.7 Å². The summed E-state index contributed by atoms with van der Waals surface area (Å²) in [6.07, 6.45) is 9.13. The first-order chi connectivity index (χ1) is 9.04. The minimum atomic E-state index is -0.329. The second-order valence-electron chi connectivity index (χ2n) is 7.02. The lowest BCUT2D eigenvalue weighted by Crippen LogP contribution is -2.37. The molecule has 1 aromatic rings. The maximum absolute atomic E-state index is 6.41. The Hall–Kier alpha value is -0.900. The van der Waals surface area contributed by atoms with Crippen LogP contribution in [0.15, 0.2) is 4.52 Å². The Balaban J connectivity index is 1.84. The topological polar surface area (TPSA) is 64.9 Å². The van der Waals surface area contributed by atoms with Crippen LogP contribution in [0.3, 0.4) is 0 Å². The highest BCUT2D eigenvalue weighted by Gasteiger charge is 2.45. The molecule has 0 atom stereocenters. The fourth-order valence-corrected chi connectivity index (χ4v) is 3.76. The molecule has 1 heterocycles.